The zero-order chi connectivity index (χ0) is 13.5. The Morgan fingerprint density at radius 3 is 2.78 bits per heavy atom. The summed E-state index contributed by atoms with van der Waals surface area (Å²) >= 11 is 0. The predicted molar refractivity (Wildman–Crippen MR) is 64.7 cm³/mol. The average Bonchev–Trinajstić information content (AvgIpc) is 2.32. The van der Waals surface area contributed by atoms with E-state index in [9.17, 15) is 14.4 Å². The number of amides is 2. The molecular formula is C12H20N2O4. The molecule has 1 saturated heterocycles. The van der Waals surface area contributed by atoms with Gasteiger partial charge in [0, 0.05) is 32.5 Å². The summed E-state index contributed by atoms with van der Waals surface area (Å²) in [6, 6.07) is -0.0117. The second-order valence-corrected chi connectivity index (χ2v) is 4.38. The summed E-state index contributed by atoms with van der Waals surface area (Å²) in [6.07, 6.45) is 1.35. The summed E-state index contributed by atoms with van der Waals surface area (Å²) in [5.74, 6) is -0.425. The molecular weight excluding hydrogens is 236 g/mol. The zero-order valence-electron chi connectivity index (χ0n) is 10.9. The lowest BCUT2D eigenvalue weighted by molar-refractivity contribution is -0.144. The molecule has 18 heavy (non-hydrogen) atoms. The molecule has 0 aromatic rings. The molecule has 0 bridgehead atoms. The van der Waals surface area contributed by atoms with Crippen LogP contribution in [0.4, 0.5) is 0 Å². The van der Waals surface area contributed by atoms with Gasteiger partial charge in [-0.05, 0) is 13.3 Å². The van der Waals surface area contributed by atoms with Gasteiger partial charge in [-0.3, -0.25) is 14.4 Å². The number of hydrogen-bond donors (Lipinski definition) is 1. The maximum Gasteiger partial charge on any atom is 0.306 e. The number of likely N-dealkylation sites (N-methyl/N-ethyl adjacent to an activating group) is 1. The quantitative estimate of drug-likeness (QED) is 0.706. The molecule has 1 aliphatic rings. The minimum absolute atomic E-state index is 0.0117. The maximum atomic E-state index is 11.6. The number of carbonyl (C=O) groups excluding carboxylic acids is 3. The lowest BCUT2D eigenvalue weighted by Crippen LogP contribution is -2.48. The number of esters is 1. The van der Waals surface area contributed by atoms with E-state index in [4.69, 9.17) is 4.74 Å². The fourth-order valence-corrected chi connectivity index (χ4v) is 1.88. The summed E-state index contributed by atoms with van der Waals surface area (Å²) in [7, 11) is 1.72. The molecule has 1 unspecified atom stereocenters. The lowest BCUT2D eigenvalue weighted by Gasteiger charge is -2.30. The molecule has 0 aromatic heterocycles. The van der Waals surface area contributed by atoms with E-state index in [1.165, 1.54) is 0 Å². The smallest absolute Gasteiger partial charge is 0.306 e. The number of carbonyl (C=O) groups is 3. The first kappa shape index (κ1) is 14.5. The van der Waals surface area contributed by atoms with Crippen molar-refractivity contribution >= 4 is 17.8 Å². The fraction of sp³-hybridized carbons (Fsp3) is 0.750. The van der Waals surface area contributed by atoms with Crippen molar-refractivity contribution < 1.29 is 19.1 Å². The summed E-state index contributed by atoms with van der Waals surface area (Å²) in [4.78, 5) is 35.5. The Hall–Kier alpha value is -1.59. The number of rotatable bonds is 5. The van der Waals surface area contributed by atoms with Gasteiger partial charge >= 0.3 is 5.97 Å². The Labute approximate surface area is 107 Å². The first-order valence-electron chi connectivity index (χ1n) is 6.22. The molecule has 6 nitrogen and oxygen atoms in total. The Morgan fingerprint density at radius 2 is 2.17 bits per heavy atom. The van der Waals surface area contributed by atoms with Crippen molar-refractivity contribution in [3.8, 4) is 0 Å². The standard InChI is InChI=1S/C12H20N2O4/c1-3-18-12(17)7-5-10(15)13-9-4-6-11(16)14(2)8-9/h9H,3-8H2,1-2H3,(H,13,15). The largest absolute Gasteiger partial charge is 0.466 e. The van der Waals surface area contributed by atoms with Gasteiger partial charge in [0.25, 0.3) is 0 Å². The van der Waals surface area contributed by atoms with Crippen LogP contribution in [0.1, 0.15) is 32.6 Å². The number of nitrogens with one attached hydrogen (secondary N) is 1. The summed E-state index contributed by atoms with van der Waals surface area (Å²) in [5, 5.41) is 2.83. The van der Waals surface area contributed by atoms with Gasteiger partial charge in [-0.15, -0.1) is 0 Å². The second kappa shape index (κ2) is 6.98. The van der Waals surface area contributed by atoms with Gasteiger partial charge in [-0.25, -0.2) is 0 Å². The van der Waals surface area contributed by atoms with Crippen LogP contribution in [0.3, 0.4) is 0 Å². The minimum Gasteiger partial charge on any atom is -0.466 e. The van der Waals surface area contributed by atoms with Gasteiger partial charge in [0.15, 0.2) is 0 Å². The third kappa shape index (κ3) is 4.73. The van der Waals surface area contributed by atoms with Crippen molar-refractivity contribution in [2.24, 2.45) is 0 Å². The minimum atomic E-state index is -0.358. The van der Waals surface area contributed by atoms with Crippen molar-refractivity contribution in [3.63, 3.8) is 0 Å². The van der Waals surface area contributed by atoms with E-state index < -0.39 is 0 Å². The Bertz CT molecular complexity index is 330. The van der Waals surface area contributed by atoms with E-state index in [1.54, 1.807) is 18.9 Å². The van der Waals surface area contributed by atoms with Crippen molar-refractivity contribution in [1.29, 1.82) is 0 Å². The monoisotopic (exact) mass is 256 g/mol. The molecule has 6 heteroatoms. The zero-order valence-corrected chi connectivity index (χ0v) is 10.9. The Kier molecular flexibility index (Phi) is 5.61. The van der Waals surface area contributed by atoms with Gasteiger partial charge < -0.3 is 15.0 Å². The van der Waals surface area contributed by atoms with E-state index in [0.717, 1.165) is 0 Å². The van der Waals surface area contributed by atoms with Crippen molar-refractivity contribution in [2.45, 2.75) is 38.6 Å². The molecule has 1 aliphatic heterocycles. The average molecular weight is 256 g/mol. The summed E-state index contributed by atoms with van der Waals surface area (Å²) in [6.45, 7) is 2.59. The third-order valence-corrected chi connectivity index (χ3v) is 2.85. The van der Waals surface area contributed by atoms with Crippen LogP contribution in [0.25, 0.3) is 0 Å². The normalized spacial score (nSPS) is 19.6. The molecule has 0 radical (unpaired) electrons. The molecule has 102 valence electrons. The molecule has 0 aromatic carbocycles. The Morgan fingerprint density at radius 1 is 1.44 bits per heavy atom. The first-order chi connectivity index (χ1) is 8.52. The Balaban J connectivity index is 2.24. The summed E-state index contributed by atoms with van der Waals surface area (Å²) in [5.41, 5.74) is 0. The van der Waals surface area contributed by atoms with Crippen LogP contribution < -0.4 is 5.32 Å². The lowest BCUT2D eigenvalue weighted by atomic mass is 10.1. The SMILES string of the molecule is CCOC(=O)CCC(=O)NC1CCC(=O)N(C)C1. The number of likely N-dealkylation sites (tertiary alicyclic amines) is 1. The van der Waals surface area contributed by atoms with Crippen LogP contribution in [-0.2, 0) is 19.1 Å². The van der Waals surface area contributed by atoms with Crippen LogP contribution in [0.2, 0.25) is 0 Å². The van der Waals surface area contributed by atoms with E-state index in [-0.39, 0.29) is 36.7 Å². The van der Waals surface area contributed by atoms with Crippen LogP contribution >= 0.6 is 0 Å². The van der Waals surface area contributed by atoms with Crippen LogP contribution in [0.15, 0.2) is 0 Å². The highest BCUT2D eigenvalue weighted by atomic mass is 16.5. The molecule has 0 aliphatic carbocycles. The number of piperidine rings is 1. The van der Waals surface area contributed by atoms with Crippen molar-refractivity contribution in [1.82, 2.24) is 10.2 Å². The highest BCUT2D eigenvalue weighted by Crippen LogP contribution is 2.09. The molecule has 0 saturated carbocycles. The fourth-order valence-electron chi connectivity index (χ4n) is 1.88. The van der Waals surface area contributed by atoms with E-state index in [0.29, 0.717) is 26.0 Å². The van der Waals surface area contributed by atoms with Crippen LogP contribution in [0, 0.1) is 0 Å². The van der Waals surface area contributed by atoms with Gasteiger partial charge in [0.05, 0.1) is 13.0 Å². The molecule has 2 amide bonds. The number of nitrogens with zero attached hydrogens (tertiary/aromatic N) is 1. The summed E-state index contributed by atoms with van der Waals surface area (Å²) < 4.78 is 4.74. The molecule has 0 spiro atoms. The maximum absolute atomic E-state index is 11.6. The first-order valence-corrected chi connectivity index (χ1v) is 6.22. The van der Waals surface area contributed by atoms with Gasteiger partial charge in [0.1, 0.15) is 0 Å². The third-order valence-electron chi connectivity index (χ3n) is 2.85. The van der Waals surface area contributed by atoms with Gasteiger partial charge in [-0.2, -0.15) is 0 Å². The van der Waals surface area contributed by atoms with Crippen molar-refractivity contribution in [2.75, 3.05) is 20.2 Å². The predicted octanol–water partition coefficient (Wildman–Crippen LogP) is 0.0667. The highest BCUT2D eigenvalue weighted by Gasteiger charge is 2.23. The van der Waals surface area contributed by atoms with E-state index >= 15 is 0 Å². The molecule has 1 fully saturated rings. The topological polar surface area (TPSA) is 75.7 Å². The molecule has 1 N–H and O–H groups in total. The number of hydrogen-bond acceptors (Lipinski definition) is 4. The second-order valence-electron chi connectivity index (χ2n) is 4.38. The van der Waals surface area contributed by atoms with Crippen molar-refractivity contribution in [3.05, 3.63) is 0 Å². The molecule has 1 rings (SSSR count). The molecule has 1 atom stereocenters. The van der Waals surface area contributed by atoms with E-state index in [2.05, 4.69) is 5.32 Å². The van der Waals surface area contributed by atoms with Gasteiger partial charge in [0.2, 0.25) is 11.8 Å². The van der Waals surface area contributed by atoms with Crippen LogP contribution in [-0.4, -0.2) is 48.9 Å². The molecule has 1 heterocycles. The van der Waals surface area contributed by atoms with E-state index in [1.807, 2.05) is 0 Å². The highest BCUT2D eigenvalue weighted by molar-refractivity contribution is 5.82. The van der Waals surface area contributed by atoms with Gasteiger partial charge in [-0.1, -0.05) is 0 Å². The van der Waals surface area contributed by atoms with Crippen LogP contribution in [0.5, 0.6) is 0 Å². The number of ether oxygens (including phenoxy) is 1.